The Hall–Kier alpha value is -2.36. The summed E-state index contributed by atoms with van der Waals surface area (Å²) in [7, 11) is 0. The van der Waals surface area contributed by atoms with Gasteiger partial charge in [0, 0.05) is 12.3 Å². The van der Waals surface area contributed by atoms with Gasteiger partial charge in [-0.05, 0) is 23.8 Å². The van der Waals surface area contributed by atoms with Gasteiger partial charge in [-0.2, -0.15) is 0 Å². The summed E-state index contributed by atoms with van der Waals surface area (Å²) in [5.74, 6) is -0.966. The summed E-state index contributed by atoms with van der Waals surface area (Å²) >= 11 is 0. The minimum absolute atomic E-state index is 0.103. The van der Waals surface area contributed by atoms with E-state index in [9.17, 15) is 9.59 Å². The fourth-order valence-corrected chi connectivity index (χ4v) is 1.59. The molecule has 1 aromatic heterocycles. The predicted molar refractivity (Wildman–Crippen MR) is 63.2 cm³/mol. The molecule has 4 heteroatoms. The molecule has 2 aromatic rings. The number of aromatic carboxylic acids is 1. The summed E-state index contributed by atoms with van der Waals surface area (Å²) in [6.07, 6.45) is 1.68. The van der Waals surface area contributed by atoms with Crippen molar-refractivity contribution in [2.24, 2.45) is 0 Å². The summed E-state index contributed by atoms with van der Waals surface area (Å²) in [6, 6.07) is 11.5. The average molecular weight is 229 g/mol. The lowest BCUT2D eigenvalue weighted by molar-refractivity contribution is 0.0696. The molecule has 0 saturated carbocycles. The van der Waals surface area contributed by atoms with Gasteiger partial charge < -0.3 is 9.67 Å². The molecular weight excluding hydrogens is 218 g/mol. The number of carboxylic acids is 1. The van der Waals surface area contributed by atoms with Crippen molar-refractivity contribution >= 4 is 5.97 Å². The minimum atomic E-state index is -0.966. The first-order chi connectivity index (χ1) is 8.16. The normalized spacial score (nSPS) is 10.1. The summed E-state index contributed by atoms with van der Waals surface area (Å²) < 4.78 is 1.53. The first-order valence-corrected chi connectivity index (χ1v) is 5.14. The van der Waals surface area contributed by atoms with Gasteiger partial charge in [0.2, 0.25) is 0 Å². The molecule has 0 fully saturated rings. The van der Waals surface area contributed by atoms with E-state index in [4.69, 9.17) is 5.11 Å². The second-order valence-electron chi connectivity index (χ2n) is 3.67. The number of nitrogens with zero attached hydrogens (tertiary/aromatic N) is 1. The fraction of sp³-hybridized carbons (Fsp3) is 0.0769. The van der Waals surface area contributed by atoms with E-state index < -0.39 is 5.97 Å². The van der Waals surface area contributed by atoms with Crippen molar-refractivity contribution in [3.05, 3.63) is 70.1 Å². The molecule has 0 unspecified atom stereocenters. The Morgan fingerprint density at radius 3 is 2.71 bits per heavy atom. The molecule has 0 aliphatic carbocycles. The highest BCUT2D eigenvalue weighted by atomic mass is 16.4. The molecule has 1 N–H and O–H groups in total. The Morgan fingerprint density at radius 1 is 1.18 bits per heavy atom. The average Bonchev–Trinajstić information content (AvgIpc) is 2.32. The first-order valence-electron chi connectivity index (χ1n) is 5.14. The highest BCUT2D eigenvalue weighted by Crippen LogP contribution is 2.06. The van der Waals surface area contributed by atoms with Crippen molar-refractivity contribution in [2.75, 3.05) is 0 Å². The van der Waals surface area contributed by atoms with Gasteiger partial charge in [0.15, 0.2) is 0 Å². The summed E-state index contributed by atoms with van der Waals surface area (Å²) in [6.45, 7) is 0.376. The maximum atomic E-state index is 11.5. The lowest BCUT2D eigenvalue weighted by Crippen LogP contribution is -2.18. The van der Waals surface area contributed by atoms with E-state index >= 15 is 0 Å². The molecule has 0 atom stereocenters. The molecule has 2 rings (SSSR count). The van der Waals surface area contributed by atoms with Crippen molar-refractivity contribution in [3.8, 4) is 0 Å². The summed E-state index contributed by atoms with van der Waals surface area (Å²) in [4.78, 5) is 22.3. The summed E-state index contributed by atoms with van der Waals surface area (Å²) in [5.41, 5.74) is 0.915. The van der Waals surface area contributed by atoms with Crippen LogP contribution in [-0.4, -0.2) is 15.6 Å². The molecule has 0 radical (unpaired) electrons. The largest absolute Gasteiger partial charge is 0.478 e. The number of hydrogen-bond acceptors (Lipinski definition) is 2. The molecule has 0 spiro atoms. The SMILES string of the molecule is O=C(O)c1cccc(Cn2ccccc2=O)c1. The first kappa shape index (κ1) is 11.1. The number of rotatable bonds is 3. The molecule has 0 aliphatic heterocycles. The van der Waals surface area contributed by atoms with Crippen LogP contribution >= 0.6 is 0 Å². The maximum Gasteiger partial charge on any atom is 0.335 e. The molecule has 0 aliphatic rings. The van der Waals surface area contributed by atoms with E-state index in [2.05, 4.69) is 0 Å². The molecule has 1 aromatic carbocycles. The second-order valence-corrected chi connectivity index (χ2v) is 3.67. The van der Waals surface area contributed by atoms with Crippen LogP contribution < -0.4 is 5.56 Å². The fourth-order valence-electron chi connectivity index (χ4n) is 1.59. The van der Waals surface area contributed by atoms with Gasteiger partial charge in [-0.1, -0.05) is 18.2 Å². The van der Waals surface area contributed by atoms with E-state index in [1.54, 1.807) is 36.5 Å². The van der Waals surface area contributed by atoms with Gasteiger partial charge in [-0.25, -0.2) is 4.79 Å². The Kier molecular flexibility index (Phi) is 3.05. The van der Waals surface area contributed by atoms with E-state index in [1.807, 2.05) is 0 Å². The van der Waals surface area contributed by atoms with Gasteiger partial charge >= 0.3 is 5.97 Å². The monoisotopic (exact) mass is 229 g/mol. The van der Waals surface area contributed by atoms with Crippen molar-refractivity contribution in [1.82, 2.24) is 4.57 Å². The van der Waals surface area contributed by atoms with Crippen LogP contribution in [-0.2, 0) is 6.54 Å². The molecule has 0 saturated heterocycles. The van der Waals surface area contributed by atoms with E-state index in [0.717, 1.165) is 5.56 Å². The van der Waals surface area contributed by atoms with Crippen LogP contribution in [0.25, 0.3) is 0 Å². The molecule has 86 valence electrons. The van der Waals surface area contributed by atoms with Crippen molar-refractivity contribution < 1.29 is 9.90 Å². The Bertz CT molecular complexity index is 601. The molecule has 0 bridgehead atoms. The topological polar surface area (TPSA) is 59.3 Å². The number of aromatic nitrogens is 1. The molecule has 4 nitrogen and oxygen atoms in total. The highest BCUT2D eigenvalue weighted by molar-refractivity contribution is 5.87. The summed E-state index contributed by atoms with van der Waals surface area (Å²) in [5, 5.41) is 8.86. The van der Waals surface area contributed by atoms with E-state index in [1.165, 1.54) is 16.7 Å². The Morgan fingerprint density at radius 2 is 2.00 bits per heavy atom. The Balaban J connectivity index is 2.31. The van der Waals surface area contributed by atoms with Crippen LogP contribution in [0.3, 0.4) is 0 Å². The van der Waals surface area contributed by atoms with Crippen molar-refractivity contribution in [1.29, 1.82) is 0 Å². The smallest absolute Gasteiger partial charge is 0.335 e. The lowest BCUT2D eigenvalue weighted by Gasteiger charge is -2.05. The van der Waals surface area contributed by atoms with Crippen molar-refractivity contribution in [2.45, 2.75) is 6.54 Å². The number of carboxylic acid groups (broad SMARTS) is 1. The molecule has 0 amide bonds. The van der Waals surface area contributed by atoms with Crippen LogP contribution in [0.2, 0.25) is 0 Å². The van der Waals surface area contributed by atoms with Gasteiger partial charge in [-0.15, -0.1) is 0 Å². The van der Waals surface area contributed by atoms with Crippen LogP contribution in [0.15, 0.2) is 53.5 Å². The molecular formula is C13H11NO3. The van der Waals surface area contributed by atoms with E-state index in [0.29, 0.717) is 6.54 Å². The van der Waals surface area contributed by atoms with Gasteiger partial charge in [0.1, 0.15) is 0 Å². The third-order valence-electron chi connectivity index (χ3n) is 2.43. The lowest BCUT2D eigenvalue weighted by atomic mass is 10.1. The third kappa shape index (κ3) is 2.60. The number of hydrogen-bond donors (Lipinski definition) is 1. The van der Waals surface area contributed by atoms with Crippen LogP contribution in [0.5, 0.6) is 0 Å². The Labute approximate surface area is 97.8 Å². The van der Waals surface area contributed by atoms with Crippen LogP contribution in [0, 0.1) is 0 Å². The standard InChI is InChI=1S/C13H11NO3/c15-12-6-1-2-7-14(12)9-10-4-3-5-11(8-10)13(16)17/h1-8H,9H2,(H,16,17). The number of pyridine rings is 1. The minimum Gasteiger partial charge on any atom is -0.478 e. The molecule has 1 heterocycles. The zero-order chi connectivity index (χ0) is 12.3. The van der Waals surface area contributed by atoms with Crippen molar-refractivity contribution in [3.63, 3.8) is 0 Å². The van der Waals surface area contributed by atoms with Gasteiger partial charge in [0.05, 0.1) is 12.1 Å². The zero-order valence-electron chi connectivity index (χ0n) is 9.04. The second kappa shape index (κ2) is 4.65. The zero-order valence-corrected chi connectivity index (χ0v) is 9.04. The van der Waals surface area contributed by atoms with Gasteiger partial charge in [-0.3, -0.25) is 4.79 Å². The maximum absolute atomic E-state index is 11.5. The quantitative estimate of drug-likeness (QED) is 0.869. The van der Waals surface area contributed by atoms with Crippen LogP contribution in [0.1, 0.15) is 15.9 Å². The van der Waals surface area contributed by atoms with Crippen LogP contribution in [0.4, 0.5) is 0 Å². The van der Waals surface area contributed by atoms with E-state index in [-0.39, 0.29) is 11.1 Å². The number of carbonyl (C=O) groups is 1. The highest BCUT2D eigenvalue weighted by Gasteiger charge is 2.03. The predicted octanol–water partition coefficient (Wildman–Crippen LogP) is 1.59. The third-order valence-corrected chi connectivity index (χ3v) is 2.43. The molecule has 17 heavy (non-hydrogen) atoms. The number of benzene rings is 1. The van der Waals surface area contributed by atoms with Gasteiger partial charge in [0.25, 0.3) is 5.56 Å².